The highest BCUT2D eigenvalue weighted by molar-refractivity contribution is 5.28. The summed E-state index contributed by atoms with van der Waals surface area (Å²) in [5.41, 5.74) is 8.98. The normalized spacial score (nSPS) is 60.7. The Morgan fingerprint density at radius 2 is 1.87 bits per heavy atom. The van der Waals surface area contributed by atoms with Gasteiger partial charge in [-0.15, -0.1) is 0 Å². The van der Waals surface area contributed by atoms with Crippen LogP contribution in [0.4, 0.5) is 0 Å². The fraction of sp³-hybridized carbons (Fsp3) is 0.926. The van der Waals surface area contributed by atoms with Crippen LogP contribution in [-0.4, -0.2) is 35.6 Å². The minimum Gasteiger partial charge on any atom is -0.364 e. The predicted octanol–water partition coefficient (Wildman–Crippen LogP) is 4.37. The van der Waals surface area contributed by atoms with E-state index < -0.39 is 5.79 Å². The summed E-state index contributed by atoms with van der Waals surface area (Å²) in [5.74, 6) is 1.57. The summed E-state index contributed by atoms with van der Waals surface area (Å²) in [6, 6.07) is 0.458. The molecule has 2 saturated heterocycles. The Bertz CT molecular complexity index is 798. The summed E-state index contributed by atoms with van der Waals surface area (Å²) >= 11 is 0. The molecule has 6 aliphatic rings. The Kier molecular flexibility index (Phi) is 4.49. The first-order valence-electron chi connectivity index (χ1n) is 13.2. The average Bonchev–Trinajstić information content (AvgIpc) is 2.92. The van der Waals surface area contributed by atoms with Gasteiger partial charge in [0.2, 0.25) is 0 Å². The molecule has 4 N–H and O–H groups in total. The standard InChI is InChI=1S/C27H44N2O2/c1-16-13-27(30)23(29-15-16)12-21-22(31-27)14-26(4)20-6-5-17-11-18(28)7-9-24(17,2)19(20)8-10-25(21,26)3/h5,16,18-23,29-30H,6-15,28H2,1-4H3/t16-,18+,19+,20-,21+,22-,23-,24+,25-,26+,27+/m1/s1. The maximum Gasteiger partial charge on any atom is 0.181 e. The van der Waals surface area contributed by atoms with Gasteiger partial charge in [0.05, 0.1) is 12.1 Å². The van der Waals surface area contributed by atoms with Crippen LogP contribution >= 0.6 is 0 Å². The Morgan fingerprint density at radius 1 is 1.06 bits per heavy atom. The monoisotopic (exact) mass is 428 g/mol. The lowest BCUT2D eigenvalue weighted by atomic mass is 9.42. The Balaban J connectivity index is 1.34. The van der Waals surface area contributed by atoms with E-state index in [1.807, 2.05) is 0 Å². The highest BCUT2D eigenvalue weighted by Crippen LogP contribution is 2.73. The van der Waals surface area contributed by atoms with E-state index in [4.69, 9.17) is 10.5 Å². The summed E-state index contributed by atoms with van der Waals surface area (Å²) in [5, 5.41) is 15.1. The van der Waals surface area contributed by atoms with Crippen LogP contribution in [0.15, 0.2) is 11.6 Å². The van der Waals surface area contributed by atoms with Crippen LogP contribution in [0.3, 0.4) is 0 Å². The molecule has 4 nitrogen and oxygen atoms in total. The van der Waals surface area contributed by atoms with Gasteiger partial charge in [-0.3, -0.25) is 0 Å². The third-order valence-electron chi connectivity index (χ3n) is 11.9. The first-order chi connectivity index (χ1) is 14.6. The largest absolute Gasteiger partial charge is 0.364 e. The quantitative estimate of drug-likeness (QED) is 0.501. The van der Waals surface area contributed by atoms with E-state index in [9.17, 15) is 5.11 Å². The molecule has 31 heavy (non-hydrogen) atoms. The van der Waals surface area contributed by atoms with Gasteiger partial charge in [0.25, 0.3) is 0 Å². The van der Waals surface area contributed by atoms with Crippen molar-refractivity contribution in [2.24, 2.45) is 45.7 Å². The van der Waals surface area contributed by atoms with Crippen LogP contribution in [-0.2, 0) is 4.74 Å². The van der Waals surface area contributed by atoms with E-state index in [1.165, 1.54) is 32.1 Å². The van der Waals surface area contributed by atoms with Crippen LogP contribution in [0.2, 0.25) is 0 Å². The molecule has 0 aromatic rings. The zero-order valence-corrected chi connectivity index (χ0v) is 20.1. The molecule has 6 rings (SSSR count). The number of aliphatic hydroxyl groups is 1. The lowest BCUT2D eigenvalue weighted by molar-refractivity contribution is -0.297. The third-order valence-corrected chi connectivity index (χ3v) is 11.9. The maximum absolute atomic E-state index is 11.5. The van der Waals surface area contributed by atoms with Gasteiger partial charge >= 0.3 is 0 Å². The summed E-state index contributed by atoms with van der Waals surface area (Å²) < 4.78 is 6.68. The fourth-order valence-electron chi connectivity index (χ4n) is 9.90. The number of piperidine rings is 1. The molecule has 4 aliphatic carbocycles. The lowest BCUT2D eigenvalue weighted by Crippen LogP contribution is -2.64. The van der Waals surface area contributed by atoms with Gasteiger partial charge in [0.15, 0.2) is 5.79 Å². The van der Waals surface area contributed by atoms with E-state index in [2.05, 4.69) is 39.1 Å². The number of fused-ring (bicyclic) bond motifs is 8. The molecule has 0 spiro atoms. The van der Waals surface area contributed by atoms with Crippen molar-refractivity contribution in [2.75, 3.05) is 6.54 Å². The van der Waals surface area contributed by atoms with E-state index in [1.54, 1.807) is 5.57 Å². The third kappa shape index (κ3) is 2.68. The van der Waals surface area contributed by atoms with E-state index in [0.717, 1.165) is 44.1 Å². The second-order valence-electron chi connectivity index (χ2n) is 13.3. The number of ether oxygens (including phenoxy) is 1. The second-order valence-corrected chi connectivity index (χ2v) is 13.3. The number of hydrogen-bond acceptors (Lipinski definition) is 4. The summed E-state index contributed by atoms with van der Waals surface area (Å²) in [7, 11) is 0. The van der Waals surface area contributed by atoms with Gasteiger partial charge in [0.1, 0.15) is 0 Å². The van der Waals surface area contributed by atoms with Crippen molar-refractivity contribution < 1.29 is 9.84 Å². The molecule has 0 bridgehead atoms. The minimum absolute atomic E-state index is 0.0945. The average molecular weight is 429 g/mol. The first kappa shape index (κ1) is 21.1. The molecule has 0 amide bonds. The molecule has 0 aromatic heterocycles. The molecule has 0 unspecified atom stereocenters. The van der Waals surface area contributed by atoms with Gasteiger partial charge in [-0.1, -0.05) is 39.3 Å². The fourth-order valence-corrected chi connectivity index (χ4v) is 9.90. The van der Waals surface area contributed by atoms with Crippen LogP contribution in [0.1, 0.15) is 85.5 Å². The molecule has 0 radical (unpaired) electrons. The van der Waals surface area contributed by atoms with Gasteiger partial charge in [-0.25, -0.2) is 0 Å². The zero-order chi connectivity index (χ0) is 21.8. The van der Waals surface area contributed by atoms with Crippen LogP contribution in [0.5, 0.6) is 0 Å². The van der Waals surface area contributed by atoms with Crippen molar-refractivity contribution in [2.45, 2.75) is 109 Å². The number of rotatable bonds is 0. The number of hydrogen-bond donors (Lipinski definition) is 3. The molecule has 4 heteroatoms. The molecule has 11 atom stereocenters. The smallest absolute Gasteiger partial charge is 0.181 e. The summed E-state index contributed by atoms with van der Waals surface area (Å²) in [4.78, 5) is 0. The molecular formula is C27H44N2O2. The maximum atomic E-state index is 11.5. The van der Waals surface area contributed by atoms with Gasteiger partial charge < -0.3 is 20.9 Å². The van der Waals surface area contributed by atoms with E-state index in [0.29, 0.717) is 28.7 Å². The molecule has 5 fully saturated rings. The Hall–Kier alpha value is -0.420. The summed E-state index contributed by atoms with van der Waals surface area (Å²) in [6.07, 6.45) is 13.2. The van der Waals surface area contributed by atoms with Gasteiger partial charge in [0, 0.05) is 12.5 Å². The van der Waals surface area contributed by atoms with Crippen LogP contribution in [0.25, 0.3) is 0 Å². The van der Waals surface area contributed by atoms with Crippen LogP contribution < -0.4 is 11.1 Å². The number of allylic oxidation sites excluding steroid dienone is 1. The Labute approximate surface area is 188 Å². The summed E-state index contributed by atoms with van der Waals surface area (Å²) in [6.45, 7) is 11.0. The SMILES string of the molecule is C[C@H]1CN[C@@H]2C[C@H]3[C@@H](C[C@@]4(C)[C@@H]5CC=C6C[C@@H](N)CC[C@]6(C)[C@H]5CC[C@]34C)O[C@@]2(O)C1. The van der Waals surface area contributed by atoms with Crippen molar-refractivity contribution in [1.29, 1.82) is 0 Å². The number of nitrogens with one attached hydrogen (secondary N) is 1. The Morgan fingerprint density at radius 3 is 2.68 bits per heavy atom. The van der Waals surface area contributed by atoms with E-state index >= 15 is 0 Å². The van der Waals surface area contributed by atoms with Crippen molar-refractivity contribution in [3.05, 3.63) is 11.6 Å². The van der Waals surface area contributed by atoms with Gasteiger partial charge in [-0.2, -0.15) is 0 Å². The topological polar surface area (TPSA) is 67.5 Å². The number of nitrogens with two attached hydrogens (primary N) is 1. The van der Waals surface area contributed by atoms with Crippen molar-refractivity contribution in [3.8, 4) is 0 Å². The van der Waals surface area contributed by atoms with Crippen molar-refractivity contribution in [1.82, 2.24) is 5.32 Å². The molecule has 0 aromatic carbocycles. The highest BCUT2D eigenvalue weighted by atomic mass is 16.6. The van der Waals surface area contributed by atoms with Gasteiger partial charge in [-0.05, 0) is 97.8 Å². The lowest BCUT2D eigenvalue weighted by Gasteiger charge is -2.62. The molecule has 2 aliphatic heterocycles. The van der Waals surface area contributed by atoms with E-state index in [-0.39, 0.29) is 17.6 Å². The van der Waals surface area contributed by atoms with Crippen molar-refractivity contribution in [3.63, 3.8) is 0 Å². The van der Waals surface area contributed by atoms with Crippen LogP contribution in [0, 0.1) is 39.9 Å². The molecule has 3 saturated carbocycles. The zero-order valence-electron chi connectivity index (χ0n) is 20.1. The molecular weight excluding hydrogens is 384 g/mol. The highest BCUT2D eigenvalue weighted by Gasteiger charge is 2.69. The molecule has 174 valence electrons. The predicted molar refractivity (Wildman–Crippen MR) is 123 cm³/mol. The van der Waals surface area contributed by atoms with Crippen molar-refractivity contribution >= 4 is 0 Å². The first-order valence-corrected chi connectivity index (χ1v) is 13.2. The minimum atomic E-state index is -0.969. The second kappa shape index (κ2) is 6.58. The molecule has 2 heterocycles.